The van der Waals surface area contributed by atoms with Crippen LogP contribution in [0.3, 0.4) is 0 Å². The Labute approximate surface area is 38.3 Å². The van der Waals surface area contributed by atoms with Gasteiger partial charge < -0.3 is 0 Å². The van der Waals surface area contributed by atoms with Crippen molar-refractivity contribution in [3.63, 3.8) is 0 Å². The van der Waals surface area contributed by atoms with Crippen LogP contribution in [0.25, 0.3) is 0 Å². The van der Waals surface area contributed by atoms with Gasteiger partial charge in [-0.3, -0.25) is 0 Å². The summed E-state index contributed by atoms with van der Waals surface area (Å²) in [7, 11) is 3.97. The molecule has 0 saturated heterocycles. The van der Waals surface area contributed by atoms with Crippen LogP contribution >= 0.6 is 24.1 Å². The summed E-state index contributed by atoms with van der Waals surface area (Å²) in [5, 5.41) is 0. The van der Waals surface area contributed by atoms with E-state index in [2.05, 4.69) is 31.4 Å². The Morgan fingerprint density at radius 3 is 1.50 bits per heavy atom. The Balaban J connectivity index is 0. The molecule has 0 aromatic rings. The van der Waals surface area contributed by atoms with E-state index in [9.17, 15) is 0 Å². The number of hydrogen-bond donors (Lipinski definition) is 1. The summed E-state index contributed by atoms with van der Waals surface area (Å²) < 4.78 is 0. The van der Waals surface area contributed by atoms with Gasteiger partial charge >= 0.3 is 0 Å². The predicted octanol–water partition coefficient (Wildman–Crippen LogP) is 0.855. The summed E-state index contributed by atoms with van der Waals surface area (Å²) in [5.74, 6) is 0. The zero-order valence-corrected chi connectivity index (χ0v) is 4.05. The highest BCUT2D eigenvalue weighted by atomic mass is 35.5. The Kier molecular flexibility index (Phi) is 120. The fourth-order valence-electron chi connectivity index (χ4n) is 0. The second-order valence-electron chi connectivity index (χ2n) is 0. The van der Waals surface area contributed by atoms with Crippen LogP contribution in [-0.2, 0) is 0 Å². The van der Waals surface area contributed by atoms with Gasteiger partial charge in [0.2, 0.25) is 7.26 Å². The van der Waals surface area contributed by atoms with Crippen LogP contribution in [0, 0.1) is 0 Å². The first-order valence-corrected chi connectivity index (χ1v) is 2.00. The molecule has 0 aliphatic carbocycles. The quantitative estimate of drug-likeness (QED) is 0.334. The topological polar surface area (TPSA) is 0 Å². The summed E-state index contributed by atoms with van der Waals surface area (Å²) in [6.45, 7) is 0. The lowest BCUT2D eigenvalue weighted by Crippen LogP contribution is -0.980. The van der Waals surface area contributed by atoms with Crippen LogP contribution in [0.5, 0.6) is 0 Å². The molecule has 0 amide bonds. The van der Waals surface area contributed by atoms with E-state index < -0.39 is 0 Å². The standard InChI is InChI=1S/CH4S.BCl/c2*1-2/h2H,1H3;. The van der Waals surface area contributed by atoms with Crippen molar-refractivity contribution in [1.29, 1.82) is 0 Å². The molecule has 3 heteroatoms. The maximum absolute atomic E-state index is 4.14. The van der Waals surface area contributed by atoms with E-state index in [4.69, 9.17) is 0 Å². The van der Waals surface area contributed by atoms with Gasteiger partial charge in [-0.05, 0) is 6.26 Å². The van der Waals surface area contributed by atoms with Crippen molar-refractivity contribution in [2.24, 2.45) is 0 Å². The third-order valence-electron chi connectivity index (χ3n) is 0. The van der Waals surface area contributed by atoms with Gasteiger partial charge in [0.15, 0.2) is 0 Å². The van der Waals surface area contributed by atoms with Crippen LogP contribution in [0.2, 0.25) is 0 Å². The van der Waals surface area contributed by atoms with E-state index in [0.29, 0.717) is 0 Å². The van der Waals surface area contributed by atoms with Gasteiger partial charge in [0.1, 0.15) is 0 Å². The molecule has 0 spiro atoms. The van der Waals surface area contributed by atoms with Crippen LogP contribution in [0.4, 0.5) is 0 Å². The minimum absolute atomic E-state index is 1.69. The zero-order chi connectivity index (χ0) is 4.00. The van der Waals surface area contributed by atoms with Gasteiger partial charge in [0, 0.05) is 0 Å². The minimum atomic E-state index is 1.69. The normalized spacial score (nSPS) is 2.75. The van der Waals surface area contributed by atoms with Crippen molar-refractivity contribution >= 4 is 31.4 Å². The maximum Gasteiger partial charge on any atom is 0.214 e. The molecule has 0 atom stereocenters. The van der Waals surface area contributed by atoms with Gasteiger partial charge in [-0.15, -0.1) is 0 Å². The molecule has 4 heavy (non-hydrogen) atoms. The number of thiol groups is 1. The molecule has 0 nitrogen and oxygen atoms in total. The lowest BCUT2D eigenvalue weighted by molar-refractivity contribution is 2.55. The predicted molar refractivity (Wildman–Crippen MR) is 26.5 cm³/mol. The molecule has 24 valence electrons. The summed E-state index contributed by atoms with van der Waals surface area (Å²) in [6.07, 6.45) is 1.69. The smallest absolute Gasteiger partial charge is 0.214 e. The van der Waals surface area contributed by atoms with Crippen LogP contribution in [0.1, 0.15) is 0 Å². The van der Waals surface area contributed by atoms with Crippen LogP contribution < -0.4 is 0 Å². The first-order valence-electron chi connectivity index (χ1n) is 0.665. The van der Waals surface area contributed by atoms with E-state index in [1.54, 1.807) is 6.26 Å². The lowest BCUT2D eigenvalue weighted by atomic mass is 10.8. The van der Waals surface area contributed by atoms with Gasteiger partial charge in [0.05, 0.1) is 0 Å². The summed E-state index contributed by atoms with van der Waals surface area (Å²) in [5.41, 5.74) is 0. The summed E-state index contributed by atoms with van der Waals surface area (Å²) >= 11 is 7.67. The second kappa shape index (κ2) is 54.6. The average Bonchev–Trinajstić information content (AvgIpc) is 1.50. The molecule has 0 aliphatic rings. The van der Waals surface area contributed by atoms with E-state index in [1.165, 1.54) is 0 Å². The molecule has 0 unspecified atom stereocenters. The molecule has 0 rings (SSSR count). The molecule has 0 saturated carbocycles. The fourth-order valence-corrected chi connectivity index (χ4v) is 0. The highest BCUT2D eigenvalue weighted by molar-refractivity contribution is 7.79. The first-order chi connectivity index (χ1) is 2.00. The molecule has 2 radical (unpaired) electrons. The Morgan fingerprint density at radius 1 is 1.50 bits per heavy atom. The number of hydrogen-bond acceptors (Lipinski definition) is 1. The van der Waals surface area contributed by atoms with Crippen molar-refractivity contribution in [3.05, 3.63) is 0 Å². The molecule has 0 fully saturated rings. The highest BCUT2D eigenvalue weighted by Crippen LogP contribution is 1.31. The molecule has 0 aliphatic heterocycles. The molecule has 0 aromatic carbocycles. The van der Waals surface area contributed by atoms with Crippen molar-refractivity contribution in [1.82, 2.24) is 0 Å². The van der Waals surface area contributed by atoms with Crippen molar-refractivity contribution < 1.29 is 0 Å². The summed E-state index contributed by atoms with van der Waals surface area (Å²) in [6, 6.07) is 0. The lowest BCUT2D eigenvalue weighted by Gasteiger charge is -1.11. The molecule has 0 heterocycles. The van der Waals surface area contributed by atoms with Crippen molar-refractivity contribution in [2.45, 2.75) is 0 Å². The SMILES string of the molecule is CS.[B]Cl. The first kappa shape index (κ1) is 8.83. The van der Waals surface area contributed by atoms with Crippen LogP contribution in [0.15, 0.2) is 0 Å². The van der Waals surface area contributed by atoms with E-state index >= 15 is 0 Å². The van der Waals surface area contributed by atoms with Gasteiger partial charge in [-0.1, -0.05) is 0 Å². The third kappa shape index (κ3) is 15.8. The van der Waals surface area contributed by atoms with Gasteiger partial charge in [-0.2, -0.15) is 12.6 Å². The van der Waals surface area contributed by atoms with Crippen molar-refractivity contribution in [3.8, 4) is 0 Å². The van der Waals surface area contributed by atoms with E-state index in [0.717, 1.165) is 0 Å². The Morgan fingerprint density at radius 2 is 1.50 bits per heavy atom. The molecule has 0 aromatic heterocycles. The Bertz CT molecular complexity index is 8.00. The fraction of sp³-hybridized carbons (Fsp3) is 1.00. The molecule has 0 bridgehead atoms. The Hall–Kier alpha value is 0.705. The van der Waals surface area contributed by atoms with Crippen molar-refractivity contribution in [2.75, 3.05) is 6.26 Å². The molecular weight excluding hydrogens is 90.3 g/mol. The molecule has 0 N–H and O–H groups in total. The maximum atomic E-state index is 4.14. The largest absolute Gasteiger partial charge is 0.214 e. The van der Waals surface area contributed by atoms with E-state index in [-0.39, 0.29) is 0 Å². The average molecular weight is 94.4 g/mol. The monoisotopic (exact) mass is 94.0 g/mol. The highest BCUT2D eigenvalue weighted by Gasteiger charge is 1.02. The van der Waals surface area contributed by atoms with Crippen LogP contribution in [-0.4, -0.2) is 13.5 Å². The van der Waals surface area contributed by atoms with Gasteiger partial charge in [0.25, 0.3) is 0 Å². The second-order valence-corrected chi connectivity index (χ2v) is 0. The minimum Gasteiger partial charge on any atom is -0.214 e. The summed E-state index contributed by atoms with van der Waals surface area (Å²) in [4.78, 5) is 0. The number of halogens is 1. The molecular formula is CH4BClS. The van der Waals surface area contributed by atoms with E-state index in [1.807, 2.05) is 0 Å². The third-order valence-corrected chi connectivity index (χ3v) is 0. The zero-order valence-electron chi connectivity index (χ0n) is 2.40. The van der Waals surface area contributed by atoms with Gasteiger partial charge in [-0.25, -0.2) is 11.5 Å². The number of rotatable bonds is 0.